The Morgan fingerprint density at radius 1 is 1.53 bits per heavy atom. The average molecular weight is 272 g/mol. The van der Waals surface area contributed by atoms with E-state index >= 15 is 0 Å². The zero-order chi connectivity index (χ0) is 11.4. The van der Waals surface area contributed by atoms with Gasteiger partial charge in [-0.25, -0.2) is 0 Å². The summed E-state index contributed by atoms with van der Waals surface area (Å²) >= 11 is 3.33. The fourth-order valence-corrected chi connectivity index (χ4v) is 1.61. The van der Waals surface area contributed by atoms with Crippen LogP contribution in [0, 0.1) is 0 Å². The van der Waals surface area contributed by atoms with Crippen molar-refractivity contribution in [3.05, 3.63) is 22.7 Å². The number of benzene rings is 1. The lowest BCUT2D eigenvalue weighted by Gasteiger charge is -2.11. The molecule has 0 bridgehead atoms. The number of carbonyl (C=O) groups excluding carboxylic acids is 1. The monoisotopic (exact) mass is 271 g/mol. The normalized spacial score (nSPS) is 10.4. The summed E-state index contributed by atoms with van der Waals surface area (Å²) < 4.78 is 0.787. The first-order valence-corrected chi connectivity index (χ1v) is 5.28. The van der Waals surface area contributed by atoms with Crippen LogP contribution in [0.25, 0.3) is 0 Å². The van der Waals surface area contributed by atoms with E-state index in [0.717, 1.165) is 10.2 Å². The van der Waals surface area contributed by atoms with Gasteiger partial charge in [0, 0.05) is 10.2 Å². The minimum absolute atomic E-state index is 0.0505. The number of anilines is 2. The minimum Gasteiger partial charge on any atom is -0.399 e. The summed E-state index contributed by atoms with van der Waals surface area (Å²) in [4.78, 5) is 13.3. The highest BCUT2D eigenvalue weighted by Crippen LogP contribution is 2.24. The molecule has 0 radical (unpaired) electrons. The Hall–Kier alpha value is -1.07. The highest BCUT2D eigenvalue weighted by molar-refractivity contribution is 9.10. The van der Waals surface area contributed by atoms with Crippen molar-refractivity contribution in [3.63, 3.8) is 0 Å². The van der Waals surface area contributed by atoms with Crippen LogP contribution in [-0.4, -0.2) is 31.4 Å². The zero-order valence-corrected chi connectivity index (χ0v) is 10.3. The van der Waals surface area contributed by atoms with Crippen molar-refractivity contribution in [1.29, 1.82) is 0 Å². The number of nitrogens with one attached hydrogen (secondary N) is 1. The van der Waals surface area contributed by atoms with E-state index in [4.69, 9.17) is 5.73 Å². The van der Waals surface area contributed by atoms with E-state index in [2.05, 4.69) is 21.2 Å². The van der Waals surface area contributed by atoms with E-state index in [1.54, 1.807) is 23.1 Å². The van der Waals surface area contributed by atoms with E-state index < -0.39 is 0 Å². The number of hydrogen-bond acceptors (Lipinski definition) is 3. The number of hydrogen-bond donors (Lipinski definition) is 2. The number of nitrogens with two attached hydrogens (primary N) is 1. The molecule has 0 aromatic heterocycles. The second-order valence-corrected chi connectivity index (χ2v) is 4.38. The van der Waals surface area contributed by atoms with Gasteiger partial charge in [0.2, 0.25) is 5.91 Å². The van der Waals surface area contributed by atoms with Gasteiger partial charge in [-0.3, -0.25) is 4.79 Å². The van der Waals surface area contributed by atoms with Gasteiger partial charge < -0.3 is 16.0 Å². The Labute approximate surface area is 97.6 Å². The van der Waals surface area contributed by atoms with Crippen LogP contribution in [0.5, 0.6) is 0 Å². The topological polar surface area (TPSA) is 58.4 Å². The molecule has 0 atom stereocenters. The predicted octanol–water partition coefficient (Wildman–Crippen LogP) is 1.53. The Balaban J connectivity index is 2.68. The quantitative estimate of drug-likeness (QED) is 0.820. The molecule has 0 saturated carbocycles. The van der Waals surface area contributed by atoms with Gasteiger partial charge in [-0.2, -0.15) is 0 Å². The van der Waals surface area contributed by atoms with Crippen LogP contribution in [0.1, 0.15) is 0 Å². The SMILES string of the molecule is CN(C)CC(=O)Nc1ccc(N)cc1Br. The van der Waals surface area contributed by atoms with Gasteiger partial charge in [0.05, 0.1) is 12.2 Å². The third-order valence-corrected chi connectivity index (χ3v) is 2.38. The van der Waals surface area contributed by atoms with Crippen molar-refractivity contribution in [2.75, 3.05) is 31.7 Å². The van der Waals surface area contributed by atoms with Crippen LogP contribution < -0.4 is 11.1 Å². The molecule has 82 valence electrons. The molecule has 0 aliphatic rings. The second kappa shape index (κ2) is 5.14. The van der Waals surface area contributed by atoms with E-state index in [1.807, 2.05) is 14.1 Å². The first kappa shape index (κ1) is 12.0. The fraction of sp³-hybridized carbons (Fsp3) is 0.300. The van der Waals surface area contributed by atoms with Crippen molar-refractivity contribution in [1.82, 2.24) is 4.90 Å². The van der Waals surface area contributed by atoms with Crippen LogP contribution in [0.4, 0.5) is 11.4 Å². The molecule has 0 spiro atoms. The van der Waals surface area contributed by atoms with Crippen molar-refractivity contribution < 1.29 is 4.79 Å². The predicted molar refractivity (Wildman–Crippen MR) is 65.7 cm³/mol. The average Bonchev–Trinajstić information content (AvgIpc) is 2.08. The number of amides is 1. The first-order chi connectivity index (χ1) is 6.99. The lowest BCUT2D eigenvalue weighted by Crippen LogP contribution is -2.27. The van der Waals surface area contributed by atoms with Gasteiger partial charge in [0.1, 0.15) is 0 Å². The van der Waals surface area contributed by atoms with Crippen molar-refractivity contribution in [3.8, 4) is 0 Å². The molecule has 1 aromatic carbocycles. The summed E-state index contributed by atoms with van der Waals surface area (Å²) in [7, 11) is 3.69. The Morgan fingerprint density at radius 2 is 2.20 bits per heavy atom. The maximum absolute atomic E-state index is 11.5. The van der Waals surface area contributed by atoms with Crippen LogP contribution in [0.2, 0.25) is 0 Å². The van der Waals surface area contributed by atoms with Crippen LogP contribution in [0.3, 0.4) is 0 Å². The Bertz CT molecular complexity index is 366. The van der Waals surface area contributed by atoms with Gasteiger partial charge in [-0.05, 0) is 48.2 Å². The number of halogens is 1. The smallest absolute Gasteiger partial charge is 0.238 e. The summed E-state index contributed by atoms with van der Waals surface area (Å²) in [5.74, 6) is -0.0505. The van der Waals surface area contributed by atoms with E-state index in [9.17, 15) is 4.79 Å². The standard InChI is InChI=1S/C10H14BrN3O/c1-14(2)6-10(15)13-9-4-3-7(12)5-8(9)11/h3-5H,6,12H2,1-2H3,(H,13,15). The highest BCUT2D eigenvalue weighted by atomic mass is 79.9. The van der Waals surface area contributed by atoms with Crippen molar-refractivity contribution in [2.45, 2.75) is 0 Å². The number of nitrogens with zero attached hydrogens (tertiary/aromatic N) is 1. The van der Waals surface area contributed by atoms with Gasteiger partial charge in [0.25, 0.3) is 0 Å². The molecule has 3 N–H and O–H groups in total. The summed E-state index contributed by atoms with van der Waals surface area (Å²) in [6, 6.07) is 5.27. The second-order valence-electron chi connectivity index (χ2n) is 3.53. The van der Waals surface area contributed by atoms with Gasteiger partial charge in [-0.1, -0.05) is 0 Å². The third kappa shape index (κ3) is 3.89. The summed E-state index contributed by atoms with van der Waals surface area (Å²) in [6.45, 7) is 0.358. The van der Waals surface area contributed by atoms with Crippen LogP contribution >= 0.6 is 15.9 Å². The molecule has 1 aromatic rings. The fourth-order valence-electron chi connectivity index (χ4n) is 1.11. The molecular formula is C10H14BrN3O. The third-order valence-electron chi connectivity index (χ3n) is 1.73. The Kier molecular flexibility index (Phi) is 4.11. The van der Waals surface area contributed by atoms with Gasteiger partial charge in [-0.15, -0.1) is 0 Å². The molecule has 0 saturated heterocycles. The number of likely N-dealkylation sites (N-methyl/N-ethyl adjacent to an activating group) is 1. The molecule has 0 aliphatic carbocycles. The lowest BCUT2D eigenvalue weighted by molar-refractivity contribution is -0.116. The minimum atomic E-state index is -0.0505. The van der Waals surface area contributed by atoms with Crippen molar-refractivity contribution in [2.24, 2.45) is 0 Å². The number of nitrogen functional groups attached to an aromatic ring is 1. The molecular weight excluding hydrogens is 258 g/mol. The molecule has 1 amide bonds. The molecule has 1 rings (SSSR count). The summed E-state index contributed by atoms with van der Waals surface area (Å²) in [6.07, 6.45) is 0. The van der Waals surface area contributed by atoms with E-state index in [0.29, 0.717) is 12.2 Å². The van der Waals surface area contributed by atoms with Crippen LogP contribution in [-0.2, 0) is 4.79 Å². The molecule has 0 unspecified atom stereocenters. The van der Waals surface area contributed by atoms with E-state index in [-0.39, 0.29) is 5.91 Å². The molecule has 0 heterocycles. The molecule has 15 heavy (non-hydrogen) atoms. The zero-order valence-electron chi connectivity index (χ0n) is 8.75. The molecule has 0 aliphatic heterocycles. The first-order valence-electron chi connectivity index (χ1n) is 4.48. The van der Waals surface area contributed by atoms with Gasteiger partial charge in [0.15, 0.2) is 0 Å². The van der Waals surface area contributed by atoms with Gasteiger partial charge >= 0.3 is 0 Å². The number of rotatable bonds is 3. The summed E-state index contributed by atoms with van der Waals surface area (Å²) in [5.41, 5.74) is 6.98. The largest absolute Gasteiger partial charge is 0.399 e. The maximum Gasteiger partial charge on any atom is 0.238 e. The molecule has 0 fully saturated rings. The number of carbonyl (C=O) groups is 1. The maximum atomic E-state index is 11.5. The molecule has 4 nitrogen and oxygen atoms in total. The van der Waals surface area contributed by atoms with E-state index in [1.165, 1.54) is 0 Å². The lowest BCUT2D eigenvalue weighted by atomic mass is 10.3. The Morgan fingerprint density at radius 3 is 2.73 bits per heavy atom. The van der Waals surface area contributed by atoms with Crippen molar-refractivity contribution >= 4 is 33.2 Å². The molecule has 5 heteroatoms. The van der Waals surface area contributed by atoms with Crippen LogP contribution in [0.15, 0.2) is 22.7 Å². The summed E-state index contributed by atoms with van der Waals surface area (Å²) in [5, 5.41) is 2.79. The highest BCUT2D eigenvalue weighted by Gasteiger charge is 2.06.